The molecule has 1 aliphatic rings. The first-order valence-corrected chi connectivity index (χ1v) is 7.66. The van der Waals surface area contributed by atoms with Crippen molar-refractivity contribution in [1.82, 2.24) is 5.32 Å². The number of rotatable bonds is 4. The molecule has 0 bridgehead atoms. The highest BCUT2D eigenvalue weighted by atomic mass is 79.9. The van der Waals surface area contributed by atoms with Crippen molar-refractivity contribution in [3.8, 4) is 0 Å². The van der Waals surface area contributed by atoms with Gasteiger partial charge in [0.1, 0.15) is 5.41 Å². The van der Waals surface area contributed by atoms with Crippen LogP contribution in [0.3, 0.4) is 0 Å². The van der Waals surface area contributed by atoms with Crippen LogP contribution in [0.1, 0.15) is 18.4 Å². The van der Waals surface area contributed by atoms with Crippen LogP contribution in [0.2, 0.25) is 0 Å². The lowest BCUT2D eigenvalue weighted by Gasteiger charge is -2.34. The molecule has 1 amide bonds. The summed E-state index contributed by atoms with van der Waals surface area (Å²) < 4.78 is 6.27. The van der Waals surface area contributed by atoms with E-state index < -0.39 is 5.41 Å². The molecule has 0 saturated carbocycles. The minimum Gasteiger partial charge on any atom is -0.392 e. The van der Waals surface area contributed by atoms with Crippen LogP contribution in [0.5, 0.6) is 0 Å². The van der Waals surface area contributed by atoms with Crippen molar-refractivity contribution in [3.63, 3.8) is 0 Å². The number of nitrogens with one attached hydrogen (secondary N) is 1. The van der Waals surface area contributed by atoms with Gasteiger partial charge in [0.05, 0.1) is 4.99 Å². The fourth-order valence-corrected chi connectivity index (χ4v) is 3.01. The average Bonchev–Trinajstić information content (AvgIpc) is 2.46. The first kappa shape index (κ1) is 15.4. The number of hydrogen-bond donors (Lipinski definition) is 2. The Hall–Kier alpha value is -0.980. The Bertz CT molecular complexity index is 516. The van der Waals surface area contributed by atoms with E-state index in [9.17, 15) is 4.79 Å². The fraction of sp³-hybridized carbons (Fsp3) is 0.429. The Morgan fingerprint density at radius 3 is 2.65 bits per heavy atom. The maximum atomic E-state index is 12.5. The van der Waals surface area contributed by atoms with Crippen molar-refractivity contribution >= 4 is 39.0 Å². The first-order valence-electron chi connectivity index (χ1n) is 6.45. The van der Waals surface area contributed by atoms with Crippen LogP contribution in [-0.2, 0) is 16.1 Å². The van der Waals surface area contributed by atoms with Gasteiger partial charge in [-0.15, -0.1) is 0 Å². The van der Waals surface area contributed by atoms with E-state index in [0.29, 0.717) is 32.6 Å². The molecule has 1 heterocycles. The second kappa shape index (κ2) is 6.65. The largest absolute Gasteiger partial charge is 0.392 e. The van der Waals surface area contributed by atoms with Gasteiger partial charge < -0.3 is 15.8 Å². The molecule has 108 valence electrons. The van der Waals surface area contributed by atoms with E-state index in [0.717, 1.165) is 10.0 Å². The number of halogens is 1. The molecule has 20 heavy (non-hydrogen) atoms. The molecule has 0 spiro atoms. The molecule has 0 atom stereocenters. The van der Waals surface area contributed by atoms with Gasteiger partial charge in [-0.1, -0.05) is 46.3 Å². The summed E-state index contributed by atoms with van der Waals surface area (Å²) in [5.74, 6) is -0.107. The molecule has 0 aliphatic carbocycles. The van der Waals surface area contributed by atoms with Gasteiger partial charge in [-0.25, -0.2) is 0 Å². The summed E-state index contributed by atoms with van der Waals surface area (Å²) in [6.45, 7) is 1.48. The van der Waals surface area contributed by atoms with Gasteiger partial charge >= 0.3 is 0 Å². The van der Waals surface area contributed by atoms with Crippen LogP contribution in [0, 0.1) is 5.41 Å². The summed E-state index contributed by atoms with van der Waals surface area (Å²) >= 11 is 8.58. The van der Waals surface area contributed by atoms with Gasteiger partial charge in [0.25, 0.3) is 0 Å². The lowest BCUT2D eigenvalue weighted by atomic mass is 9.79. The summed E-state index contributed by atoms with van der Waals surface area (Å²) in [7, 11) is 0. The second-order valence-corrected chi connectivity index (χ2v) is 6.13. The summed E-state index contributed by atoms with van der Waals surface area (Å²) in [6.07, 6.45) is 1.09. The molecule has 1 aromatic carbocycles. The van der Waals surface area contributed by atoms with Gasteiger partial charge in [-0.3, -0.25) is 4.79 Å². The standard InChI is InChI=1S/C14H17BrN2O2S/c15-11-4-2-1-3-10(11)9-17-13(18)14(12(16)20)5-7-19-8-6-14/h1-4H,5-9H2,(H2,16,20)(H,17,18). The Morgan fingerprint density at radius 2 is 2.05 bits per heavy atom. The molecule has 1 aromatic rings. The molecule has 1 fully saturated rings. The normalized spacial score (nSPS) is 17.4. The predicted octanol–water partition coefficient (Wildman–Crippen LogP) is 2.15. The smallest absolute Gasteiger partial charge is 0.233 e. The zero-order chi connectivity index (χ0) is 14.6. The maximum absolute atomic E-state index is 12.5. The summed E-state index contributed by atoms with van der Waals surface area (Å²) in [5.41, 5.74) is 6.06. The van der Waals surface area contributed by atoms with Gasteiger partial charge in [0.15, 0.2) is 0 Å². The lowest BCUT2D eigenvalue weighted by Crippen LogP contribution is -2.51. The summed E-state index contributed by atoms with van der Waals surface area (Å²) in [4.78, 5) is 12.8. The predicted molar refractivity (Wildman–Crippen MR) is 85.3 cm³/mol. The Balaban J connectivity index is 2.06. The molecular formula is C14H17BrN2O2S. The molecule has 0 aromatic heterocycles. The number of benzene rings is 1. The van der Waals surface area contributed by atoms with E-state index in [-0.39, 0.29) is 10.9 Å². The maximum Gasteiger partial charge on any atom is 0.233 e. The highest BCUT2D eigenvalue weighted by Gasteiger charge is 2.42. The molecular weight excluding hydrogens is 340 g/mol. The second-order valence-electron chi connectivity index (χ2n) is 4.83. The van der Waals surface area contributed by atoms with E-state index in [4.69, 9.17) is 22.7 Å². The third kappa shape index (κ3) is 3.19. The van der Waals surface area contributed by atoms with Gasteiger partial charge in [0, 0.05) is 24.2 Å². The van der Waals surface area contributed by atoms with E-state index in [2.05, 4.69) is 21.2 Å². The zero-order valence-electron chi connectivity index (χ0n) is 11.0. The number of carbonyl (C=O) groups is 1. The summed E-state index contributed by atoms with van der Waals surface area (Å²) in [5, 5.41) is 2.94. The first-order chi connectivity index (χ1) is 9.56. The quantitative estimate of drug-likeness (QED) is 0.811. The van der Waals surface area contributed by atoms with Crippen molar-refractivity contribution in [1.29, 1.82) is 0 Å². The third-order valence-electron chi connectivity index (χ3n) is 3.65. The van der Waals surface area contributed by atoms with E-state index in [1.54, 1.807) is 0 Å². The monoisotopic (exact) mass is 356 g/mol. The Labute approximate surface area is 132 Å². The lowest BCUT2D eigenvalue weighted by molar-refractivity contribution is -0.131. The average molecular weight is 357 g/mol. The molecule has 1 aliphatic heterocycles. The van der Waals surface area contributed by atoms with Crippen LogP contribution in [0.4, 0.5) is 0 Å². The third-order valence-corrected chi connectivity index (χ3v) is 4.81. The van der Waals surface area contributed by atoms with E-state index in [1.165, 1.54) is 0 Å². The number of ether oxygens (including phenoxy) is 1. The van der Waals surface area contributed by atoms with Crippen LogP contribution >= 0.6 is 28.1 Å². The van der Waals surface area contributed by atoms with Crippen molar-refractivity contribution in [2.24, 2.45) is 11.1 Å². The topological polar surface area (TPSA) is 64.4 Å². The number of nitrogens with two attached hydrogens (primary N) is 1. The molecule has 4 nitrogen and oxygen atoms in total. The van der Waals surface area contributed by atoms with Crippen LogP contribution in [-0.4, -0.2) is 24.1 Å². The van der Waals surface area contributed by atoms with Crippen molar-refractivity contribution in [2.75, 3.05) is 13.2 Å². The minimum atomic E-state index is -0.769. The highest BCUT2D eigenvalue weighted by molar-refractivity contribution is 9.10. The molecule has 6 heteroatoms. The Morgan fingerprint density at radius 1 is 1.40 bits per heavy atom. The van der Waals surface area contributed by atoms with Crippen LogP contribution < -0.4 is 11.1 Å². The zero-order valence-corrected chi connectivity index (χ0v) is 13.4. The summed E-state index contributed by atoms with van der Waals surface area (Å²) in [6, 6.07) is 7.77. The highest BCUT2D eigenvalue weighted by Crippen LogP contribution is 2.31. The van der Waals surface area contributed by atoms with Crippen molar-refractivity contribution in [2.45, 2.75) is 19.4 Å². The van der Waals surface area contributed by atoms with E-state index in [1.807, 2.05) is 24.3 Å². The van der Waals surface area contributed by atoms with Crippen molar-refractivity contribution in [3.05, 3.63) is 34.3 Å². The molecule has 3 N–H and O–H groups in total. The number of thiocarbonyl (C=S) groups is 1. The van der Waals surface area contributed by atoms with Gasteiger partial charge in [0.2, 0.25) is 5.91 Å². The SMILES string of the molecule is NC(=S)C1(C(=O)NCc2ccccc2Br)CCOCC1. The molecule has 2 rings (SSSR count). The van der Waals surface area contributed by atoms with Crippen LogP contribution in [0.25, 0.3) is 0 Å². The number of amides is 1. The minimum absolute atomic E-state index is 0.107. The van der Waals surface area contributed by atoms with Gasteiger partial charge in [-0.05, 0) is 24.5 Å². The Kier molecular flexibility index (Phi) is 5.12. The number of hydrogen-bond acceptors (Lipinski definition) is 3. The molecule has 0 radical (unpaired) electrons. The molecule has 0 unspecified atom stereocenters. The van der Waals surface area contributed by atoms with Gasteiger partial charge in [-0.2, -0.15) is 0 Å². The molecule has 1 saturated heterocycles. The number of carbonyl (C=O) groups excluding carboxylic acids is 1. The van der Waals surface area contributed by atoms with E-state index >= 15 is 0 Å². The van der Waals surface area contributed by atoms with Crippen LogP contribution in [0.15, 0.2) is 28.7 Å². The fourth-order valence-electron chi connectivity index (χ4n) is 2.29. The van der Waals surface area contributed by atoms with Crippen molar-refractivity contribution < 1.29 is 9.53 Å².